The highest BCUT2D eigenvalue weighted by molar-refractivity contribution is 5.83. The van der Waals surface area contributed by atoms with Crippen LogP contribution in [0.15, 0.2) is 24.3 Å². The number of benzene rings is 1. The summed E-state index contributed by atoms with van der Waals surface area (Å²) in [5.74, 6) is -0.189. The molecule has 1 N–H and O–H groups in total. The van der Waals surface area contributed by atoms with Crippen molar-refractivity contribution in [2.24, 2.45) is 0 Å². The van der Waals surface area contributed by atoms with E-state index in [1.54, 1.807) is 17.0 Å². The van der Waals surface area contributed by atoms with E-state index in [0.29, 0.717) is 32.5 Å². The molecule has 7 heteroatoms. The van der Waals surface area contributed by atoms with Gasteiger partial charge in [0.15, 0.2) is 0 Å². The van der Waals surface area contributed by atoms with E-state index in [-0.39, 0.29) is 23.7 Å². The van der Waals surface area contributed by atoms with Gasteiger partial charge in [-0.2, -0.15) is 0 Å². The number of amides is 2. The summed E-state index contributed by atoms with van der Waals surface area (Å²) in [4.78, 5) is 30.8. The number of carbonyl (C=O) groups is 2. The summed E-state index contributed by atoms with van der Waals surface area (Å²) in [6.45, 7) is 5.42. The number of likely N-dealkylation sites (N-methyl/N-ethyl adjacent to an activating group) is 1. The van der Waals surface area contributed by atoms with E-state index in [9.17, 15) is 14.0 Å². The van der Waals surface area contributed by atoms with Crippen LogP contribution >= 0.6 is 0 Å². The van der Waals surface area contributed by atoms with Crippen LogP contribution in [0.3, 0.4) is 0 Å². The van der Waals surface area contributed by atoms with E-state index in [0.717, 1.165) is 38.2 Å². The first-order valence-electron chi connectivity index (χ1n) is 9.72. The van der Waals surface area contributed by atoms with Crippen molar-refractivity contribution in [2.75, 3.05) is 52.9 Å². The lowest BCUT2D eigenvalue weighted by Crippen LogP contribution is -2.44. The largest absolute Gasteiger partial charge is 0.350 e. The number of hydrogen-bond acceptors (Lipinski definition) is 4. The second-order valence-corrected chi connectivity index (χ2v) is 7.62. The fourth-order valence-corrected chi connectivity index (χ4v) is 3.73. The van der Waals surface area contributed by atoms with E-state index in [1.165, 1.54) is 12.1 Å². The molecule has 3 rings (SSSR count). The van der Waals surface area contributed by atoms with Gasteiger partial charge in [0.1, 0.15) is 5.82 Å². The maximum absolute atomic E-state index is 13.0. The van der Waals surface area contributed by atoms with Crippen LogP contribution in [0, 0.1) is 5.82 Å². The third kappa shape index (κ3) is 6.01. The monoisotopic (exact) mass is 376 g/mol. The van der Waals surface area contributed by atoms with Crippen LogP contribution in [0.4, 0.5) is 4.39 Å². The Labute approximate surface area is 160 Å². The van der Waals surface area contributed by atoms with Gasteiger partial charge in [-0.3, -0.25) is 14.5 Å². The standard InChI is InChI=1S/C20H29FN4O2/c1-23-8-2-9-24(12-11-23)15-19(26)22-18-13-20(27)25(14-18)10-7-16-3-5-17(21)6-4-16/h3-6,18H,2,7-15H2,1H3,(H,22,26)/t18-/m0/s1. The molecule has 2 aliphatic heterocycles. The lowest BCUT2D eigenvalue weighted by Gasteiger charge is -2.21. The zero-order valence-corrected chi connectivity index (χ0v) is 16.0. The average Bonchev–Trinajstić information content (AvgIpc) is 2.84. The molecule has 2 saturated heterocycles. The Kier molecular flexibility index (Phi) is 6.79. The maximum Gasteiger partial charge on any atom is 0.234 e. The lowest BCUT2D eigenvalue weighted by atomic mass is 10.1. The van der Waals surface area contributed by atoms with Crippen LogP contribution in [0.25, 0.3) is 0 Å². The van der Waals surface area contributed by atoms with E-state index in [1.807, 2.05) is 0 Å². The van der Waals surface area contributed by atoms with E-state index < -0.39 is 0 Å². The minimum absolute atomic E-state index is 0.00209. The summed E-state index contributed by atoms with van der Waals surface area (Å²) in [6.07, 6.45) is 2.12. The second kappa shape index (κ2) is 9.28. The first-order valence-corrected chi connectivity index (χ1v) is 9.72. The van der Waals surface area contributed by atoms with E-state index >= 15 is 0 Å². The van der Waals surface area contributed by atoms with Crippen molar-refractivity contribution in [3.05, 3.63) is 35.6 Å². The first kappa shape index (κ1) is 19.8. The van der Waals surface area contributed by atoms with Crippen LogP contribution in [0.5, 0.6) is 0 Å². The first-order chi connectivity index (χ1) is 13.0. The normalized spacial score (nSPS) is 22.1. The molecule has 148 valence electrons. The van der Waals surface area contributed by atoms with Crippen molar-refractivity contribution in [2.45, 2.75) is 25.3 Å². The highest BCUT2D eigenvalue weighted by Crippen LogP contribution is 2.13. The van der Waals surface area contributed by atoms with Crippen LogP contribution in [0.1, 0.15) is 18.4 Å². The Morgan fingerprint density at radius 3 is 2.74 bits per heavy atom. The predicted octanol–water partition coefficient (Wildman–Crippen LogP) is 0.723. The van der Waals surface area contributed by atoms with Gasteiger partial charge in [-0.05, 0) is 50.7 Å². The predicted molar refractivity (Wildman–Crippen MR) is 102 cm³/mol. The molecule has 1 aromatic carbocycles. The third-order valence-electron chi connectivity index (χ3n) is 5.34. The quantitative estimate of drug-likeness (QED) is 0.795. The van der Waals surface area contributed by atoms with Crippen molar-refractivity contribution in [1.82, 2.24) is 20.0 Å². The molecule has 2 aliphatic rings. The Balaban J connectivity index is 1.41. The molecule has 1 aromatic rings. The topological polar surface area (TPSA) is 55.9 Å². The Hall–Kier alpha value is -1.99. The molecule has 2 fully saturated rings. The van der Waals surface area contributed by atoms with E-state index in [4.69, 9.17) is 0 Å². The van der Waals surface area contributed by atoms with Gasteiger partial charge in [0.2, 0.25) is 11.8 Å². The molecule has 1 atom stereocenters. The summed E-state index contributed by atoms with van der Waals surface area (Å²) in [5.41, 5.74) is 1.00. The van der Waals surface area contributed by atoms with Gasteiger partial charge in [0, 0.05) is 32.6 Å². The zero-order chi connectivity index (χ0) is 19.2. The van der Waals surface area contributed by atoms with Crippen molar-refractivity contribution >= 4 is 11.8 Å². The molecule has 0 bridgehead atoms. The average molecular weight is 376 g/mol. The van der Waals surface area contributed by atoms with Gasteiger partial charge >= 0.3 is 0 Å². The second-order valence-electron chi connectivity index (χ2n) is 7.62. The smallest absolute Gasteiger partial charge is 0.234 e. The third-order valence-corrected chi connectivity index (χ3v) is 5.34. The van der Waals surface area contributed by atoms with Crippen LogP contribution in [0.2, 0.25) is 0 Å². The highest BCUT2D eigenvalue weighted by atomic mass is 19.1. The summed E-state index contributed by atoms with van der Waals surface area (Å²) in [7, 11) is 2.11. The minimum Gasteiger partial charge on any atom is -0.350 e. The molecule has 0 aliphatic carbocycles. The zero-order valence-electron chi connectivity index (χ0n) is 16.0. The molecule has 6 nitrogen and oxygen atoms in total. The Bertz CT molecular complexity index is 652. The van der Waals surface area contributed by atoms with Crippen molar-refractivity contribution < 1.29 is 14.0 Å². The summed E-state index contributed by atoms with van der Waals surface area (Å²) in [5, 5.41) is 3.02. The number of carbonyl (C=O) groups excluding carboxylic acids is 2. The molecule has 0 spiro atoms. The SMILES string of the molecule is CN1CCCN(CC(=O)N[C@H]2CC(=O)N(CCc3ccc(F)cc3)C2)CC1. The van der Waals surface area contributed by atoms with Crippen molar-refractivity contribution in [3.63, 3.8) is 0 Å². The van der Waals surface area contributed by atoms with E-state index in [2.05, 4.69) is 22.2 Å². The molecular formula is C20H29FN4O2. The summed E-state index contributed by atoms with van der Waals surface area (Å²) >= 11 is 0. The van der Waals surface area contributed by atoms with Gasteiger partial charge in [0.25, 0.3) is 0 Å². The van der Waals surface area contributed by atoms with Crippen molar-refractivity contribution in [1.29, 1.82) is 0 Å². The minimum atomic E-state index is -0.255. The number of halogens is 1. The Morgan fingerprint density at radius 1 is 1.19 bits per heavy atom. The number of rotatable bonds is 6. The van der Waals surface area contributed by atoms with Gasteiger partial charge in [0.05, 0.1) is 12.6 Å². The summed E-state index contributed by atoms with van der Waals surface area (Å²) < 4.78 is 13.0. The number of likely N-dealkylation sites (tertiary alicyclic amines) is 1. The fourth-order valence-electron chi connectivity index (χ4n) is 3.73. The molecule has 0 unspecified atom stereocenters. The molecule has 0 aromatic heterocycles. The van der Waals surface area contributed by atoms with Gasteiger partial charge < -0.3 is 15.1 Å². The highest BCUT2D eigenvalue weighted by Gasteiger charge is 2.30. The van der Waals surface area contributed by atoms with Gasteiger partial charge in [-0.1, -0.05) is 12.1 Å². The number of nitrogens with zero attached hydrogens (tertiary/aromatic N) is 3. The lowest BCUT2D eigenvalue weighted by molar-refractivity contribution is -0.127. The van der Waals surface area contributed by atoms with Crippen LogP contribution in [-0.4, -0.2) is 85.4 Å². The van der Waals surface area contributed by atoms with Gasteiger partial charge in [-0.15, -0.1) is 0 Å². The number of nitrogens with one attached hydrogen (secondary N) is 1. The molecule has 0 radical (unpaired) electrons. The van der Waals surface area contributed by atoms with Crippen molar-refractivity contribution in [3.8, 4) is 0 Å². The molecule has 2 heterocycles. The fraction of sp³-hybridized carbons (Fsp3) is 0.600. The van der Waals surface area contributed by atoms with Crippen LogP contribution < -0.4 is 5.32 Å². The Morgan fingerprint density at radius 2 is 1.96 bits per heavy atom. The van der Waals surface area contributed by atoms with Gasteiger partial charge in [-0.25, -0.2) is 4.39 Å². The molecule has 27 heavy (non-hydrogen) atoms. The van der Waals surface area contributed by atoms with Crippen LogP contribution in [-0.2, 0) is 16.0 Å². The molecule has 2 amide bonds. The summed E-state index contributed by atoms with van der Waals surface area (Å²) in [6, 6.07) is 6.24. The molecular weight excluding hydrogens is 347 g/mol. The number of hydrogen-bond donors (Lipinski definition) is 1. The maximum atomic E-state index is 13.0. The molecule has 0 saturated carbocycles.